The van der Waals surface area contributed by atoms with Crippen molar-refractivity contribution < 1.29 is 19.1 Å². The molecule has 2 amide bonds. The van der Waals surface area contributed by atoms with E-state index in [1.807, 2.05) is 24.3 Å². The number of carbonyl (C=O) groups is 2. The molecule has 0 aliphatic heterocycles. The van der Waals surface area contributed by atoms with E-state index in [4.69, 9.17) is 21.1 Å². The summed E-state index contributed by atoms with van der Waals surface area (Å²) in [7, 11) is 3.07. The Morgan fingerprint density at radius 3 is 2.35 bits per heavy atom. The number of amides is 2. The second-order valence-corrected chi connectivity index (χ2v) is 6.02. The summed E-state index contributed by atoms with van der Waals surface area (Å²) >= 11 is 6.03. The van der Waals surface area contributed by atoms with Crippen LogP contribution in [0.3, 0.4) is 0 Å². The Morgan fingerprint density at radius 1 is 1.04 bits per heavy atom. The van der Waals surface area contributed by atoms with E-state index in [-0.39, 0.29) is 0 Å². The lowest BCUT2D eigenvalue weighted by Crippen LogP contribution is -2.36. The first-order chi connectivity index (χ1) is 12.4. The summed E-state index contributed by atoms with van der Waals surface area (Å²) in [6.07, 6.45) is 0.604. The predicted octanol–water partition coefficient (Wildman–Crippen LogP) is 2.96. The number of nitrogens with one attached hydrogen (secondary N) is 2. The molecule has 0 atom stereocenters. The number of methoxy groups -OCH3 is 2. The third-order valence-corrected chi connectivity index (χ3v) is 4.20. The molecule has 0 bridgehead atoms. The lowest BCUT2D eigenvalue weighted by Gasteiger charge is -2.12. The zero-order valence-electron chi connectivity index (χ0n) is 14.9. The van der Waals surface area contributed by atoms with Crippen molar-refractivity contribution in [3.8, 4) is 11.5 Å². The average molecular weight is 377 g/mol. The maximum atomic E-state index is 12.1. The molecule has 0 fully saturated rings. The molecular weight excluding hydrogens is 356 g/mol. The Labute approximate surface area is 157 Å². The second-order valence-electron chi connectivity index (χ2n) is 5.61. The summed E-state index contributed by atoms with van der Waals surface area (Å²) in [5.74, 6) is -0.322. The van der Waals surface area contributed by atoms with Gasteiger partial charge in [0.05, 0.1) is 19.9 Å². The lowest BCUT2D eigenvalue weighted by atomic mass is 10.1. The summed E-state index contributed by atoms with van der Waals surface area (Å²) < 4.78 is 10.3. The van der Waals surface area contributed by atoms with E-state index in [9.17, 15) is 9.59 Å². The van der Waals surface area contributed by atoms with Gasteiger partial charge in [-0.2, -0.15) is 0 Å². The quantitative estimate of drug-likeness (QED) is 0.760. The van der Waals surface area contributed by atoms with Crippen molar-refractivity contribution in [2.75, 3.05) is 26.1 Å². The van der Waals surface area contributed by atoms with E-state index in [0.717, 1.165) is 16.9 Å². The van der Waals surface area contributed by atoms with Crippen molar-refractivity contribution in [1.82, 2.24) is 5.32 Å². The number of anilines is 1. The molecule has 0 heterocycles. The number of hydrogen-bond donors (Lipinski definition) is 2. The van der Waals surface area contributed by atoms with Gasteiger partial charge in [0.15, 0.2) is 0 Å². The van der Waals surface area contributed by atoms with Crippen LogP contribution in [0.25, 0.3) is 0 Å². The molecule has 2 rings (SSSR count). The minimum Gasteiger partial charge on any atom is -0.497 e. The van der Waals surface area contributed by atoms with E-state index in [0.29, 0.717) is 29.4 Å². The van der Waals surface area contributed by atoms with Crippen LogP contribution in [0, 0.1) is 6.92 Å². The number of benzene rings is 2. The van der Waals surface area contributed by atoms with Crippen LogP contribution in [0.4, 0.5) is 5.69 Å². The highest BCUT2D eigenvalue weighted by Gasteiger charge is 2.16. The molecule has 0 radical (unpaired) electrons. The normalized spacial score (nSPS) is 10.2. The van der Waals surface area contributed by atoms with Gasteiger partial charge in [0.1, 0.15) is 11.5 Å². The smallest absolute Gasteiger partial charge is 0.313 e. The minimum absolute atomic E-state index is 0.343. The van der Waals surface area contributed by atoms with Crippen LogP contribution in [-0.2, 0) is 16.0 Å². The molecule has 0 aliphatic rings. The Hall–Kier alpha value is -2.73. The minimum atomic E-state index is -0.764. The van der Waals surface area contributed by atoms with Crippen molar-refractivity contribution >= 4 is 29.1 Å². The van der Waals surface area contributed by atoms with Crippen molar-refractivity contribution in [3.05, 3.63) is 52.5 Å². The first kappa shape index (κ1) is 19.6. The predicted molar refractivity (Wildman–Crippen MR) is 101 cm³/mol. The van der Waals surface area contributed by atoms with Gasteiger partial charge in [0, 0.05) is 17.6 Å². The molecule has 2 N–H and O–H groups in total. The lowest BCUT2D eigenvalue weighted by molar-refractivity contribution is -0.136. The number of ether oxygens (including phenoxy) is 2. The van der Waals surface area contributed by atoms with Crippen molar-refractivity contribution in [1.29, 1.82) is 0 Å². The van der Waals surface area contributed by atoms with Gasteiger partial charge >= 0.3 is 11.8 Å². The van der Waals surface area contributed by atoms with Gasteiger partial charge in [0.25, 0.3) is 0 Å². The van der Waals surface area contributed by atoms with Crippen molar-refractivity contribution in [2.45, 2.75) is 13.3 Å². The van der Waals surface area contributed by atoms with Crippen LogP contribution in [0.1, 0.15) is 11.1 Å². The van der Waals surface area contributed by atoms with E-state index >= 15 is 0 Å². The van der Waals surface area contributed by atoms with Crippen LogP contribution < -0.4 is 20.1 Å². The van der Waals surface area contributed by atoms with E-state index in [2.05, 4.69) is 10.6 Å². The molecule has 0 saturated heterocycles. The molecular formula is C19H21ClN2O4. The average Bonchev–Trinajstić information content (AvgIpc) is 2.64. The van der Waals surface area contributed by atoms with Crippen molar-refractivity contribution in [2.24, 2.45) is 0 Å². The van der Waals surface area contributed by atoms with E-state index < -0.39 is 11.8 Å². The maximum absolute atomic E-state index is 12.1. The number of hydrogen-bond acceptors (Lipinski definition) is 4. The van der Waals surface area contributed by atoms with Crippen LogP contribution in [0.15, 0.2) is 36.4 Å². The molecule has 0 spiro atoms. The standard InChI is InChI=1S/C19H21ClN2O4/c1-12-10-16(17(26-3)11-15(12)20)22-19(24)18(23)21-9-8-13-4-6-14(25-2)7-5-13/h4-7,10-11H,8-9H2,1-3H3,(H,21,23)(H,22,24). The van der Waals surface area contributed by atoms with Gasteiger partial charge in [-0.25, -0.2) is 0 Å². The van der Waals surface area contributed by atoms with Gasteiger partial charge in [-0.05, 0) is 42.7 Å². The molecule has 7 heteroatoms. The fourth-order valence-electron chi connectivity index (χ4n) is 2.30. The molecule has 2 aromatic rings. The van der Waals surface area contributed by atoms with Crippen LogP contribution >= 0.6 is 11.6 Å². The third kappa shape index (κ3) is 5.13. The summed E-state index contributed by atoms with van der Waals surface area (Å²) in [6.45, 7) is 2.14. The van der Waals surface area contributed by atoms with Gasteiger partial charge < -0.3 is 20.1 Å². The largest absolute Gasteiger partial charge is 0.497 e. The molecule has 6 nitrogen and oxygen atoms in total. The van der Waals surface area contributed by atoms with Crippen LogP contribution in [-0.4, -0.2) is 32.6 Å². The number of carbonyl (C=O) groups excluding carboxylic acids is 2. The molecule has 0 aliphatic carbocycles. The Balaban J connectivity index is 1.89. The van der Waals surface area contributed by atoms with Gasteiger partial charge in [-0.1, -0.05) is 23.7 Å². The Morgan fingerprint density at radius 2 is 1.73 bits per heavy atom. The van der Waals surface area contributed by atoms with Gasteiger partial charge in [0.2, 0.25) is 0 Å². The fraction of sp³-hybridized carbons (Fsp3) is 0.263. The highest BCUT2D eigenvalue weighted by atomic mass is 35.5. The summed E-state index contributed by atoms with van der Waals surface area (Å²) in [4.78, 5) is 24.1. The summed E-state index contributed by atoms with van der Waals surface area (Å²) in [5.41, 5.74) is 2.19. The summed E-state index contributed by atoms with van der Waals surface area (Å²) in [6, 6.07) is 10.8. The highest BCUT2D eigenvalue weighted by Crippen LogP contribution is 2.30. The Kier molecular flexibility index (Phi) is 6.86. The zero-order chi connectivity index (χ0) is 19.1. The molecule has 138 valence electrons. The fourth-order valence-corrected chi connectivity index (χ4v) is 2.46. The topological polar surface area (TPSA) is 76.7 Å². The highest BCUT2D eigenvalue weighted by molar-refractivity contribution is 6.40. The SMILES string of the molecule is COc1ccc(CCNC(=O)C(=O)Nc2cc(C)c(Cl)cc2OC)cc1. The maximum Gasteiger partial charge on any atom is 0.313 e. The first-order valence-electron chi connectivity index (χ1n) is 8.01. The van der Waals surface area contributed by atoms with E-state index in [1.165, 1.54) is 7.11 Å². The van der Waals surface area contributed by atoms with Gasteiger partial charge in [-0.15, -0.1) is 0 Å². The van der Waals surface area contributed by atoms with Crippen LogP contribution in [0.2, 0.25) is 5.02 Å². The van der Waals surface area contributed by atoms with E-state index in [1.54, 1.807) is 26.2 Å². The second kappa shape index (κ2) is 9.10. The molecule has 0 saturated carbocycles. The molecule has 2 aromatic carbocycles. The first-order valence-corrected chi connectivity index (χ1v) is 8.38. The molecule has 0 unspecified atom stereocenters. The Bertz CT molecular complexity index is 791. The van der Waals surface area contributed by atoms with Gasteiger partial charge in [-0.3, -0.25) is 9.59 Å². The number of halogens is 1. The summed E-state index contributed by atoms with van der Waals surface area (Å²) in [5, 5.41) is 5.65. The molecule has 0 aromatic heterocycles. The monoisotopic (exact) mass is 376 g/mol. The number of aryl methyl sites for hydroxylation is 1. The third-order valence-electron chi connectivity index (χ3n) is 3.79. The number of rotatable bonds is 6. The van der Waals surface area contributed by atoms with Crippen molar-refractivity contribution in [3.63, 3.8) is 0 Å². The zero-order valence-corrected chi connectivity index (χ0v) is 15.6. The molecule has 26 heavy (non-hydrogen) atoms. The van der Waals surface area contributed by atoms with Crippen LogP contribution in [0.5, 0.6) is 11.5 Å².